The molecule has 0 aromatic heterocycles. The molecule has 4 heteroatoms. The summed E-state index contributed by atoms with van der Waals surface area (Å²) in [7, 11) is 0. The van der Waals surface area contributed by atoms with Crippen LogP contribution in [0.5, 0.6) is 0 Å². The Labute approximate surface area is 70.1 Å². The number of carbonyl (C=O) groups excluding carboxylic acids is 2. The summed E-state index contributed by atoms with van der Waals surface area (Å²) < 4.78 is 0. The first-order chi connectivity index (χ1) is 5.72. The van der Waals surface area contributed by atoms with E-state index < -0.39 is 11.8 Å². The fraction of sp³-hybridized carbons (Fsp3) is 0.750. The van der Waals surface area contributed by atoms with Gasteiger partial charge in [-0.15, -0.1) is 0 Å². The summed E-state index contributed by atoms with van der Waals surface area (Å²) in [6.07, 6.45) is 3.50. The summed E-state index contributed by atoms with van der Waals surface area (Å²) in [5, 5.41) is 9.34. The van der Waals surface area contributed by atoms with Gasteiger partial charge in [0.2, 0.25) is 0 Å². The molecule has 2 amide bonds. The van der Waals surface area contributed by atoms with Gasteiger partial charge in [-0.05, 0) is 12.8 Å². The van der Waals surface area contributed by atoms with Crippen LogP contribution < -0.4 is 0 Å². The zero-order valence-electron chi connectivity index (χ0n) is 6.69. The smallest absolute Gasteiger partial charge is 0.257 e. The molecule has 1 heterocycles. The average Bonchev–Trinajstić information content (AvgIpc) is 2.33. The highest BCUT2D eigenvalue weighted by molar-refractivity contribution is 6.03. The summed E-state index contributed by atoms with van der Waals surface area (Å²) in [6, 6.07) is 0. The van der Waals surface area contributed by atoms with E-state index in [1.165, 1.54) is 0 Å². The highest BCUT2D eigenvalue weighted by Crippen LogP contribution is 2.36. The van der Waals surface area contributed by atoms with Crippen LogP contribution in [0, 0.1) is 11.8 Å². The lowest BCUT2D eigenvalue weighted by Gasteiger charge is -2.19. The first-order valence-electron chi connectivity index (χ1n) is 4.28. The van der Waals surface area contributed by atoms with E-state index in [1.54, 1.807) is 0 Å². The van der Waals surface area contributed by atoms with Gasteiger partial charge in [0.1, 0.15) is 0 Å². The fourth-order valence-corrected chi connectivity index (χ4v) is 2.14. The molecule has 2 unspecified atom stereocenters. The molecule has 1 aliphatic carbocycles. The van der Waals surface area contributed by atoms with Crippen LogP contribution in [0.1, 0.15) is 25.7 Å². The zero-order valence-corrected chi connectivity index (χ0v) is 6.69. The molecule has 2 fully saturated rings. The first-order valence-corrected chi connectivity index (χ1v) is 4.28. The number of rotatable bonds is 0. The molecule has 1 aliphatic heterocycles. The Morgan fingerprint density at radius 1 is 1.08 bits per heavy atom. The largest absolute Gasteiger partial charge is 0.278 e. The third-order valence-electron chi connectivity index (χ3n) is 2.82. The SMILES string of the molecule is O=C1C2CCCCC2C(=O)N1O. The van der Waals surface area contributed by atoms with Crippen LogP contribution in [-0.4, -0.2) is 22.1 Å². The number of hydroxylamine groups is 2. The summed E-state index contributed by atoms with van der Waals surface area (Å²) >= 11 is 0. The number of imide groups is 1. The lowest BCUT2D eigenvalue weighted by Crippen LogP contribution is -2.26. The van der Waals surface area contributed by atoms with Crippen LogP contribution in [0.25, 0.3) is 0 Å². The second-order valence-corrected chi connectivity index (χ2v) is 3.49. The minimum Gasteiger partial charge on any atom is -0.278 e. The molecule has 1 N–H and O–H groups in total. The Kier molecular flexibility index (Phi) is 1.65. The maximum atomic E-state index is 11.2. The normalized spacial score (nSPS) is 35.6. The highest BCUT2D eigenvalue weighted by Gasteiger charge is 2.47. The molecule has 2 aliphatic rings. The van der Waals surface area contributed by atoms with Crippen molar-refractivity contribution in [2.75, 3.05) is 0 Å². The van der Waals surface area contributed by atoms with Gasteiger partial charge in [0.25, 0.3) is 11.8 Å². The van der Waals surface area contributed by atoms with E-state index in [0.29, 0.717) is 5.06 Å². The molecule has 0 bridgehead atoms. The maximum Gasteiger partial charge on any atom is 0.257 e. The van der Waals surface area contributed by atoms with Gasteiger partial charge in [-0.3, -0.25) is 14.8 Å². The zero-order chi connectivity index (χ0) is 8.72. The van der Waals surface area contributed by atoms with Crippen LogP contribution in [-0.2, 0) is 9.59 Å². The fourth-order valence-electron chi connectivity index (χ4n) is 2.14. The Morgan fingerprint density at radius 3 is 1.92 bits per heavy atom. The lowest BCUT2D eigenvalue weighted by molar-refractivity contribution is -0.173. The number of amides is 2. The third-order valence-corrected chi connectivity index (χ3v) is 2.82. The molecule has 1 saturated carbocycles. The molecule has 2 atom stereocenters. The molecule has 1 saturated heterocycles. The Balaban J connectivity index is 2.25. The van der Waals surface area contributed by atoms with E-state index in [-0.39, 0.29) is 11.8 Å². The molecule has 66 valence electrons. The van der Waals surface area contributed by atoms with E-state index in [1.807, 2.05) is 0 Å². The minimum atomic E-state index is -0.398. The standard InChI is InChI=1S/C8H11NO3/c10-7-5-3-1-2-4-6(5)8(11)9(7)12/h5-6,12H,1-4H2. The topological polar surface area (TPSA) is 57.6 Å². The van der Waals surface area contributed by atoms with Crippen LogP contribution in [0.4, 0.5) is 0 Å². The van der Waals surface area contributed by atoms with Crippen LogP contribution in [0.3, 0.4) is 0 Å². The van der Waals surface area contributed by atoms with Crippen molar-refractivity contribution in [3.63, 3.8) is 0 Å². The van der Waals surface area contributed by atoms with Crippen molar-refractivity contribution in [3.8, 4) is 0 Å². The van der Waals surface area contributed by atoms with Crippen molar-refractivity contribution in [2.45, 2.75) is 25.7 Å². The van der Waals surface area contributed by atoms with Crippen molar-refractivity contribution >= 4 is 11.8 Å². The number of carbonyl (C=O) groups is 2. The predicted octanol–water partition coefficient (Wildman–Crippen LogP) is 0.551. The van der Waals surface area contributed by atoms with E-state index in [2.05, 4.69) is 0 Å². The van der Waals surface area contributed by atoms with Gasteiger partial charge in [0, 0.05) is 0 Å². The molecule has 4 nitrogen and oxygen atoms in total. The summed E-state index contributed by atoms with van der Waals surface area (Å²) in [4.78, 5) is 22.4. The van der Waals surface area contributed by atoms with Crippen LogP contribution >= 0.6 is 0 Å². The van der Waals surface area contributed by atoms with Crippen molar-refractivity contribution < 1.29 is 14.8 Å². The Hall–Kier alpha value is -0.900. The molecule has 2 rings (SSSR count). The molecular weight excluding hydrogens is 158 g/mol. The van der Waals surface area contributed by atoms with E-state index in [0.717, 1.165) is 25.7 Å². The number of fused-ring (bicyclic) bond motifs is 1. The van der Waals surface area contributed by atoms with Gasteiger partial charge in [0.15, 0.2) is 0 Å². The van der Waals surface area contributed by atoms with Gasteiger partial charge < -0.3 is 0 Å². The molecular formula is C8H11NO3. The molecule has 0 aromatic carbocycles. The maximum absolute atomic E-state index is 11.2. The number of hydrogen-bond acceptors (Lipinski definition) is 3. The van der Waals surface area contributed by atoms with Gasteiger partial charge in [-0.2, -0.15) is 5.06 Å². The van der Waals surface area contributed by atoms with E-state index >= 15 is 0 Å². The van der Waals surface area contributed by atoms with E-state index in [4.69, 9.17) is 5.21 Å². The minimum absolute atomic E-state index is 0.226. The molecule has 0 spiro atoms. The van der Waals surface area contributed by atoms with Crippen molar-refractivity contribution in [1.82, 2.24) is 5.06 Å². The van der Waals surface area contributed by atoms with Crippen molar-refractivity contribution in [2.24, 2.45) is 11.8 Å². The quantitative estimate of drug-likeness (QED) is 0.425. The predicted molar refractivity (Wildman–Crippen MR) is 39.1 cm³/mol. The molecule has 0 aromatic rings. The van der Waals surface area contributed by atoms with Crippen LogP contribution in [0.2, 0.25) is 0 Å². The number of hydrogen-bond donors (Lipinski definition) is 1. The molecule has 12 heavy (non-hydrogen) atoms. The van der Waals surface area contributed by atoms with Crippen molar-refractivity contribution in [1.29, 1.82) is 0 Å². The molecule has 0 radical (unpaired) electrons. The van der Waals surface area contributed by atoms with Gasteiger partial charge in [-0.25, -0.2) is 0 Å². The van der Waals surface area contributed by atoms with Crippen LogP contribution in [0.15, 0.2) is 0 Å². The average molecular weight is 169 g/mol. The Bertz CT molecular complexity index is 214. The summed E-state index contributed by atoms with van der Waals surface area (Å²) in [5.41, 5.74) is 0. The Morgan fingerprint density at radius 2 is 1.50 bits per heavy atom. The summed E-state index contributed by atoms with van der Waals surface area (Å²) in [6.45, 7) is 0. The van der Waals surface area contributed by atoms with E-state index in [9.17, 15) is 9.59 Å². The number of nitrogens with zero attached hydrogens (tertiary/aromatic N) is 1. The summed E-state index contributed by atoms with van der Waals surface area (Å²) in [5.74, 6) is -1.25. The second kappa shape index (κ2) is 2.55. The van der Waals surface area contributed by atoms with Crippen molar-refractivity contribution in [3.05, 3.63) is 0 Å². The second-order valence-electron chi connectivity index (χ2n) is 3.49. The highest BCUT2D eigenvalue weighted by atomic mass is 16.5. The monoisotopic (exact) mass is 169 g/mol. The van der Waals surface area contributed by atoms with Gasteiger partial charge in [0.05, 0.1) is 11.8 Å². The van der Waals surface area contributed by atoms with Gasteiger partial charge >= 0.3 is 0 Å². The first kappa shape index (κ1) is 7.73. The lowest BCUT2D eigenvalue weighted by atomic mass is 9.81. The van der Waals surface area contributed by atoms with Gasteiger partial charge in [-0.1, -0.05) is 12.8 Å². The third kappa shape index (κ3) is 0.876.